The highest BCUT2D eigenvalue weighted by atomic mass is 19.1. The van der Waals surface area contributed by atoms with Gasteiger partial charge >= 0.3 is 0 Å². The SMILES string of the molecule is N=C(c1ccc(Oc2ccccc2)cc1)c1cncc(F)c1N. The Bertz CT molecular complexity index is 833. The molecule has 114 valence electrons. The summed E-state index contributed by atoms with van der Waals surface area (Å²) >= 11 is 0. The Morgan fingerprint density at radius 1 is 0.957 bits per heavy atom. The minimum atomic E-state index is -0.628. The average Bonchev–Trinajstić information content (AvgIpc) is 2.58. The molecule has 0 radical (unpaired) electrons. The Hall–Kier alpha value is -3.21. The monoisotopic (exact) mass is 307 g/mol. The number of halogens is 1. The molecule has 3 N–H and O–H groups in total. The van der Waals surface area contributed by atoms with Crippen LogP contribution in [0.3, 0.4) is 0 Å². The number of pyridine rings is 1. The summed E-state index contributed by atoms with van der Waals surface area (Å²) in [5.41, 5.74) is 6.58. The molecule has 3 rings (SSSR count). The van der Waals surface area contributed by atoms with E-state index in [1.807, 2.05) is 30.3 Å². The molecular weight excluding hydrogens is 293 g/mol. The van der Waals surface area contributed by atoms with Crippen LogP contribution in [0.1, 0.15) is 11.1 Å². The van der Waals surface area contributed by atoms with Crippen LogP contribution in [-0.2, 0) is 0 Å². The molecule has 4 nitrogen and oxygen atoms in total. The maximum Gasteiger partial charge on any atom is 0.165 e. The Labute approximate surface area is 132 Å². The molecule has 0 fully saturated rings. The maximum absolute atomic E-state index is 13.5. The number of nitrogens with one attached hydrogen (secondary N) is 1. The molecule has 0 aliphatic rings. The van der Waals surface area contributed by atoms with Crippen LogP contribution in [-0.4, -0.2) is 10.7 Å². The third kappa shape index (κ3) is 3.18. The number of benzene rings is 2. The summed E-state index contributed by atoms with van der Waals surface area (Å²) in [4.78, 5) is 3.74. The van der Waals surface area contributed by atoms with E-state index in [-0.39, 0.29) is 17.0 Å². The molecule has 3 aromatic rings. The predicted molar refractivity (Wildman–Crippen MR) is 87.5 cm³/mol. The third-order valence-corrected chi connectivity index (χ3v) is 3.33. The van der Waals surface area contributed by atoms with Crippen LogP contribution in [0.25, 0.3) is 0 Å². The van der Waals surface area contributed by atoms with Gasteiger partial charge in [0.25, 0.3) is 0 Å². The molecule has 0 aliphatic heterocycles. The van der Waals surface area contributed by atoms with E-state index in [4.69, 9.17) is 15.9 Å². The van der Waals surface area contributed by atoms with Crippen LogP contribution < -0.4 is 10.5 Å². The van der Waals surface area contributed by atoms with Crippen molar-refractivity contribution in [1.82, 2.24) is 4.98 Å². The van der Waals surface area contributed by atoms with Crippen LogP contribution in [0.2, 0.25) is 0 Å². The van der Waals surface area contributed by atoms with E-state index in [9.17, 15) is 4.39 Å². The number of rotatable bonds is 4. The van der Waals surface area contributed by atoms with Crippen molar-refractivity contribution in [2.75, 3.05) is 5.73 Å². The first kappa shape index (κ1) is 14.7. The zero-order chi connectivity index (χ0) is 16.2. The second-order valence-corrected chi connectivity index (χ2v) is 4.90. The number of aromatic nitrogens is 1. The van der Waals surface area contributed by atoms with Crippen molar-refractivity contribution in [2.45, 2.75) is 0 Å². The summed E-state index contributed by atoms with van der Waals surface area (Å²) in [7, 11) is 0. The van der Waals surface area contributed by atoms with E-state index in [2.05, 4.69) is 4.98 Å². The predicted octanol–water partition coefficient (Wildman–Crippen LogP) is 4.01. The normalized spacial score (nSPS) is 10.3. The lowest BCUT2D eigenvalue weighted by molar-refractivity contribution is 0.482. The van der Waals surface area contributed by atoms with E-state index in [1.165, 1.54) is 6.20 Å². The molecule has 0 unspecified atom stereocenters. The molecule has 2 aromatic carbocycles. The number of nitrogen functional groups attached to an aromatic ring is 1. The number of ether oxygens (including phenoxy) is 1. The van der Waals surface area contributed by atoms with Crippen molar-refractivity contribution >= 4 is 11.4 Å². The van der Waals surface area contributed by atoms with E-state index in [0.29, 0.717) is 11.3 Å². The molecule has 0 saturated carbocycles. The molecule has 0 amide bonds. The summed E-state index contributed by atoms with van der Waals surface area (Å²) in [5.74, 6) is 0.753. The van der Waals surface area contributed by atoms with E-state index in [1.54, 1.807) is 24.3 Å². The Balaban J connectivity index is 1.82. The van der Waals surface area contributed by atoms with E-state index >= 15 is 0 Å². The van der Waals surface area contributed by atoms with Crippen molar-refractivity contribution in [2.24, 2.45) is 0 Å². The minimum absolute atomic E-state index is 0.0744. The molecule has 0 spiro atoms. The fraction of sp³-hybridized carbons (Fsp3) is 0. The highest BCUT2D eigenvalue weighted by molar-refractivity contribution is 6.13. The summed E-state index contributed by atoms with van der Waals surface area (Å²) < 4.78 is 19.2. The fourth-order valence-electron chi connectivity index (χ4n) is 2.11. The van der Waals surface area contributed by atoms with Gasteiger partial charge in [-0.25, -0.2) is 4.39 Å². The van der Waals surface area contributed by atoms with E-state index in [0.717, 1.165) is 11.9 Å². The molecule has 0 bridgehead atoms. The number of hydrogen-bond donors (Lipinski definition) is 2. The number of nitrogens with zero attached hydrogens (tertiary/aromatic N) is 1. The lowest BCUT2D eigenvalue weighted by Crippen LogP contribution is -2.07. The zero-order valence-corrected chi connectivity index (χ0v) is 12.2. The van der Waals surface area contributed by atoms with Gasteiger partial charge in [0.15, 0.2) is 5.82 Å². The second-order valence-electron chi connectivity index (χ2n) is 4.90. The van der Waals surface area contributed by atoms with Crippen molar-refractivity contribution in [3.05, 3.63) is 83.9 Å². The van der Waals surface area contributed by atoms with Gasteiger partial charge in [0.1, 0.15) is 11.5 Å². The van der Waals surface area contributed by atoms with Crippen LogP contribution >= 0.6 is 0 Å². The molecular formula is C18H14FN3O. The Morgan fingerprint density at radius 2 is 1.61 bits per heavy atom. The summed E-state index contributed by atoms with van der Waals surface area (Å²) in [6.07, 6.45) is 2.41. The first-order valence-electron chi connectivity index (χ1n) is 6.96. The summed E-state index contributed by atoms with van der Waals surface area (Å²) in [6, 6.07) is 16.4. The summed E-state index contributed by atoms with van der Waals surface area (Å²) in [5, 5.41) is 8.17. The van der Waals surface area contributed by atoms with Gasteiger partial charge in [-0.05, 0) is 36.4 Å². The largest absolute Gasteiger partial charge is 0.457 e. The van der Waals surface area contributed by atoms with Gasteiger partial charge in [0.2, 0.25) is 0 Å². The van der Waals surface area contributed by atoms with Crippen LogP contribution in [0.5, 0.6) is 11.5 Å². The number of hydrogen-bond acceptors (Lipinski definition) is 4. The van der Waals surface area contributed by atoms with Crippen molar-refractivity contribution in [3.8, 4) is 11.5 Å². The highest BCUT2D eigenvalue weighted by Gasteiger charge is 2.12. The Morgan fingerprint density at radius 3 is 2.30 bits per heavy atom. The zero-order valence-electron chi connectivity index (χ0n) is 12.2. The van der Waals surface area contributed by atoms with Gasteiger partial charge < -0.3 is 10.5 Å². The molecule has 1 heterocycles. The smallest absolute Gasteiger partial charge is 0.165 e. The fourth-order valence-corrected chi connectivity index (χ4v) is 2.11. The van der Waals surface area contributed by atoms with Gasteiger partial charge in [0.05, 0.1) is 17.6 Å². The number of nitrogens with two attached hydrogens (primary N) is 1. The Kier molecular flexibility index (Phi) is 4.01. The van der Waals surface area contributed by atoms with Gasteiger partial charge in [-0.15, -0.1) is 0 Å². The minimum Gasteiger partial charge on any atom is -0.457 e. The van der Waals surface area contributed by atoms with Crippen LogP contribution in [0, 0.1) is 11.2 Å². The molecule has 0 aliphatic carbocycles. The van der Waals surface area contributed by atoms with E-state index < -0.39 is 5.82 Å². The molecule has 1 aromatic heterocycles. The van der Waals surface area contributed by atoms with Gasteiger partial charge in [-0.2, -0.15) is 0 Å². The number of anilines is 1. The molecule has 5 heteroatoms. The van der Waals surface area contributed by atoms with Crippen LogP contribution in [0.4, 0.5) is 10.1 Å². The average molecular weight is 307 g/mol. The maximum atomic E-state index is 13.5. The van der Waals surface area contributed by atoms with Crippen molar-refractivity contribution < 1.29 is 9.13 Å². The van der Waals surface area contributed by atoms with Gasteiger partial charge in [0, 0.05) is 17.3 Å². The highest BCUT2D eigenvalue weighted by Crippen LogP contribution is 2.23. The lowest BCUT2D eigenvalue weighted by Gasteiger charge is -2.09. The van der Waals surface area contributed by atoms with Crippen molar-refractivity contribution in [1.29, 1.82) is 5.41 Å². The topological polar surface area (TPSA) is 72.0 Å². The first-order chi connectivity index (χ1) is 11.1. The van der Waals surface area contributed by atoms with Crippen LogP contribution in [0.15, 0.2) is 67.0 Å². The number of para-hydroxylation sites is 1. The second kappa shape index (κ2) is 6.27. The summed E-state index contributed by atoms with van der Waals surface area (Å²) in [6.45, 7) is 0. The first-order valence-corrected chi connectivity index (χ1v) is 6.96. The van der Waals surface area contributed by atoms with Crippen molar-refractivity contribution in [3.63, 3.8) is 0 Å². The van der Waals surface area contributed by atoms with Gasteiger partial charge in [-0.3, -0.25) is 10.4 Å². The molecule has 0 atom stereocenters. The lowest BCUT2D eigenvalue weighted by atomic mass is 10.0. The molecule has 23 heavy (non-hydrogen) atoms. The standard InChI is InChI=1S/C18H14FN3O/c19-16-11-22-10-15(18(16)21)17(20)12-6-8-14(9-7-12)23-13-4-2-1-3-5-13/h1-11,20H,(H2,21,22). The quantitative estimate of drug-likeness (QED) is 0.715. The van der Waals surface area contributed by atoms with Gasteiger partial charge in [-0.1, -0.05) is 18.2 Å². The third-order valence-electron chi connectivity index (χ3n) is 3.33. The molecule has 0 saturated heterocycles.